The fourth-order valence-electron chi connectivity index (χ4n) is 7.75. The van der Waals surface area contributed by atoms with Crippen LogP contribution < -0.4 is 5.32 Å². The van der Waals surface area contributed by atoms with Gasteiger partial charge in [-0.1, -0.05) is 63.1 Å². The van der Waals surface area contributed by atoms with E-state index in [4.69, 9.17) is 9.47 Å². The number of esters is 1. The zero-order valence-corrected chi connectivity index (χ0v) is 23.5. The molecule has 0 radical (unpaired) electrons. The van der Waals surface area contributed by atoms with Crippen molar-refractivity contribution in [3.63, 3.8) is 0 Å². The number of rotatable bonds is 6. The van der Waals surface area contributed by atoms with E-state index in [1.165, 1.54) is 0 Å². The van der Waals surface area contributed by atoms with E-state index in [2.05, 4.69) is 16.8 Å². The smallest absolute Gasteiger partial charge is 0.343 e. The topological polar surface area (TPSA) is 94.7 Å². The van der Waals surface area contributed by atoms with E-state index < -0.39 is 23.5 Å². The molecule has 1 amide bonds. The Morgan fingerprint density at radius 2 is 1.80 bits per heavy atom. The summed E-state index contributed by atoms with van der Waals surface area (Å²) < 4.78 is 17.0. The van der Waals surface area contributed by atoms with E-state index in [-0.39, 0.29) is 18.4 Å². The number of carbonyl (C=O) groups is 2. The average molecular weight is 552 g/mol. The normalized spacial score (nSPS) is 25.4. The summed E-state index contributed by atoms with van der Waals surface area (Å²) in [6, 6.07) is 16.0. The van der Waals surface area contributed by atoms with Crippen LogP contribution >= 0.6 is 0 Å². The molecular formula is C33H33N3O5. The molecule has 0 spiro atoms. The van der Waals surface area contributed by atoms with Gasteiger partial charge in [0.25, 0.3) is 5.91 Å². The highest BCUT2D eigenvalue weighted by Gasteiger charge is 2.66. The first kappa shape index (κ1) is 24.9. The van der Waals surface area contributed by atoms with Crippen LogP contribution in [0.25, 0.3) is 43.6 Å². The second-order valence-electron chi connectivity index (χ2n) is 11.9. The number of ether oxygens (including phenoxy) is 2. The summed E-state index contributed by atoms with van der Waals surface area (Å²) in [6.45, 7) is 6.34. The zero-order valence-electron chi connectivity index (χ0n) is 23.5. The van der Waals surface area contributed by atoms with Gasteiger partial charge in [-0.05, 0) is 37.5 Å². The molecule has 8 nitrogen and oxygen atoms in total. The summed E-state index contributed by atoms with van der Waals surface area (Å²) in [4.78, 5) is 27.5. The first-order valence-electron chi connectivity index (χ1n) is 14.7. The second-order valence-corrected chi connectivity index (χ2v) is 11.9. The van der Waals surface area contributed by atoms with Crippen molar-refractivity contribution in [3.05, 3.63) is 59.7 Å². The van der Waals surface area contributed by atoms with Gasteiger partial charge in [0.1, 0.15) is 12.3 Å². The number of benzene rings is 3. The summed E-state index contributed by atoms with van der Waals surface area (Å²) >= 11 is 0. The van der Waals surface area contributed by atoms with Gasteiger partial charge in [-0.2, -0.15) is 0 Å². The summed E-state index contributed by atoms with van der Waals surface area (Å²) in [5.41, 5.74) is 1.72. The van der Waals surface area contributed by atoms with E-state index in [1.54, 1.807) is 0 Å². The molecule has 3 aliphatic heterocycles. The third-order valence-corrected chi connectivity index (χ3v) is 9.78. The summed E-state index contributed by atoms with van der Waals surface area (Å²) in [5, 5.41) is 19.3. The molecule has 0 saturated carbocycles. The number of amides is 1. The lowest BCUT2D eigenvalue weighted by Crippen LogP contribution is -2.57. The maximum absolute atomic E-state index is 14.1. The molecule has 1 unspecified atom stereocenters. The number of nitrogens with one attached hydrogen (secondary N) is 1. The van der Waals surface area contributed by atoms with Crippen molar-refractivity contribution < 1.29 is 24.2 Å². The van der Waals surface area contributed by atoms with Gasteiger partial charge in [0.05, 0.1) is 27.6 Å². The van der Waals surface area contributed by atoms with Crippen LogP contribution in [0.3, 0.4) is 0 Å². The van der Waals surface area contributed by atoms with E-state index >= 15 is 0 Å². The van der Waals surface area contributed by atoms with E-state index in [1.807, 2.05) is 66.9 Å². The molecule has 2 bridgehead atoms. The first-order chi connectivity index (χ1) is 19.8. The lowest BCUT2D eigenvalue weighted by Gasteiger charge is -2.38. The van der Waals surface area contributed by atoms with Gasteiger partial charge in [0, 0.05) is 34.5 Å². The molecule has 4 atom stereocenters. The van der Waals surface area contributed by atoms with Crippen molar-refractivity contribution >= 4 is 55.5 Å². The quantitative estimate of drug-likeness (QED) is 0.253. The fraction of sp³-hybridized carbons (Fsp3) is 0.394. The van der Waals surface area contributed by atoms with Crippen molar-refractivity contribution in [3.8, 4) is 0 Å². The molecule has 41 heavy (non-hydrogen) atoms. The monoisotopic (exact) mass is 551 g/mol. The molecule has 8 rings (SSSR count). The Labute approximate surface area is 236 Å². The van der Waals surface area contributed by atoms with Crippen LogP contribution in [0, 0.1) is 0 Å². The van der Waals surface area contributed by atoms with Crippen LogP contribution in [-0.4, -0.2) is 37.8 Å². The predicted molar refractivity (Wildman–Crippen MR) is 157 cm³/mol. The highest BCUT2D eigenvalue weighted by molar-refractivity contribution is 6.31. The van der Waals surface area contributed by atoms with Crippen LogP contribution in [0.5, 0.6) is 0 Å². The number of nitrogens with zero attached hydrogens (tertiary/aromatic N) is 2. The molecule has 5 heterocycles. The SMILES string of the molecule is CCCCC(CC)OC(=O)[C@@]1(O)C[C@H]2O[C@]1(C)n1c3ccccc3c3c4c(c5c6ccccc6n2c5c31)C(=O)NC4. The molecule has 2 aromatic heterocycles. The largest absolute Gasteiger partial charge is 0.460 e. The molecule has 3 aliphatic rings. The molecule has 2 N–H and O–H groups in total. The number of carbonyl (C=O) groups excluding carboxylic acids is 2. The molecule has 5 aromatic rings. The Morgan fingerprint density at radius 1 is 1.10 bits per heavy atom. The Kier molecular flexibility index (Phi) is 5.06. The van der Waals surface area contributed by atoms with Crippen LogP contribution in [0.15, 0.2) is 48.5 Å². The molecule has 3 aromatic carbocycles. The number of para-hydroxylation sites is 2. The number of hydrogen-bond acceptors (Lipinski definition) is 5. The summed E-state index contributed by atoms with van der Waals surface area (Å²) in [5.74, 6) is -0.730. The summed E-state index contributed by atoms with van der Waals surface area (Å²) in [7, 11) is 0. The first-order valence-corrected chi connectivity index (χ1v) is 14.7. The number of hydrogen-bond donors (Lipinski definition) is 2. The predicted octanol–water partition coefficient (Wildman–Crippen LogP) is 5.99. The summed E-state index contributed by atoms with van der Waals surface area (Å²) in [6.07, 6.45) is 2.48. The van der Waals surface area contributed by atoms with Crippen molar-refractivity contribution in [1.29, 1.82) is 0 Å². The molecule has 1 fully saturated rings. The van der Waals surface area contributed by atoms with Crippen molar-refractivity contribution in [2.45, 2.75) is 83.1 Å². The number of aliphatic hydroxyl groups is 1. The van der Waals surface area contributed by atoms with Crippen molar-refractivity contribution in [2.24, 2.45) is 0 Å². The van der Waals surface area contributed by atoms with Gasteiger partial charge in [0.2, 0.25) is 5.60 Å². The van der Waals surface area contributed by atoms with Crippen LogP contribution in [-0.2, 0) is 26.5 Å². The van der Waals surface area contributed by atoms with Crippen LogP contribution in [0.1, 0.15) is 75.0 Å². The molecular weight excluding hydrogens is 518 g/mol. The second kappa shape index (κ2) is 8.33. The molecule has 8 heteroatoms. The fourth-order valence-corrected chi connectivity index (χ4v) is 7.75. The lowest BCUT2D eigenvalue weighted by molar-refractivity contribution is -0.209. The highest BCUT2D eigenvalue weighted by Crippen LogP contribution is 2.57. The van der Waals surface area contributed by atoms with Gasteiger partial charge in [-0.25, -0.2) is 4.79 Å². The minimum atomic E-state index is -1.95. The average Bonchev–Trinajstić information content (AvgIpc) is 3.67. The number of fused-ring (bicyclic) bond motifs is 13. The van der Waals surface area contributed by atoms with Gasteiger partial charge >= 0.3 is 5.97 Å². The maximum atomic E-state index is 14.1. The Hall–Kier alpha value is -3.88. The third-order valence-electron chi connectivity index (χ3n) is 9.78. The van der Waals surface area contributed by atoms with Crippen LogP contribution in [0.4, 0.5) is 0 Å². The van der Waals surface area contributed by atoms with Gasteiger partial charge < -0.3 is 29.0 Å². The Morgan fingerprint density at radius 3 is 2.54 bits per heavy atom. The zero-order chi connectivity index (χ0) is 28.3. The highest BCUT2D eigenvalue weighted by atomic mass is 16.6. The van der Waals surface area contributed by atoms with Gasteiger partial charge in [-0.15, -0.1) is 0 Å². The minimum Gasteiger partial charge on any atom is -0.460 e. The van der Waals surface area contributed by atoms with Crippen LogP contribution in [0.2, 0.25) is 0 Å². The van der Waals surface area contributed by atoms with Crippen molar-refractivity contribution in [2.75, 3.05) is 0 Å². The van der Waals surface area contributed by atoms with E-state index in [9.17, 15) is 14.7 Å². The Bertz CT molecular complexity index is 1950. The van der Waals surface area contributed by atoms with Crippen molar-refractivity contribution in [1.82, 2.24) is 14.5 Å². The van der Waals surface area contributed by atoms with E-state index in [0.29, 0.717) is 18.5 Å². The molecule has 1 saturated heterocycles. The number of aromatic nitrogens is 2. The third kappa shape index (κ3) is 2.91. The Balaban J connectivity index is 1.49. The number of unbranched alkanes of at least 4 members (excludes halogenated alkanes) is 1. The maximum Gasteiger partial charge on any atom is 0.343 e. The van der Waals surface area contributed by atoms with Gasteiger partial charge in [0.15, 0.2) is 5.72 Å². The lowest BCUT2D eigenvalue weighted by atomic mass is 9.88. The van der Waals surface area contributed by atoms with Gasteiger partial charge in [-0.3, -0.25) is 4.79 Å². The van der Waals surface area contributed by atoms with E-state index in [0.717, 1.165) is 68.4 Å². The molecule has 210 valence electrons. The minimum absolute atomic E-state index is 0.0248. The standard InChI is InChI=1S/C33H33N3O5/c1-4-6-11-18(5-2)40-31(38)33(39)16-24-35-22-14-9-7-12-19(22)26-27-21(17-34-30(27)37)25-20-13-8-10-15-23(20)36(29(25)28(26)35)32(33,3)41-24/h7-10,12-15,18,24,39H,4-6,11,16-17H2,1-3H3,(H,34,37)/t18?,24-,32+,33+/m1/s1. The molecule has 0 aliphatic carbocycles.